The number of hydrogen-bond donors (Lipinski definition) is 2. The van der Waals surface area contributed by atoms with Gasteiger partial charge >= 0.3 is 0 Å². The molecule has 0 bridgehead atoms. The smallest absolute Gasteiger partial charge is 0.266 e. The molecule has 0 saturated heterocycles. The van der Waals surface area contributed by atoms with Crippen LogP contribution in [-0.4, -0.2) is 12.5 Å². The Morgan fingerprint density at radius 1 is 1.36 bits per heavy atom. The molecule has 1 aliphatic heterocycles. The van der Waals surface area contributed by atoms with E-state index in [2.05, 4.69) is 10.6 Å². The highest BCUT2D eigenvalue weighted by atomic mass is 32.1. The van der Waals surface area contributed by atoms with E-state index >= 15 is 0 Å². The molecule has 0 unspecified atom stereocenters. The molecular weight excluding hydrogens is 299 g/mol. The molecule has 1 aromatic heterocycles. The summed E-state index contributed by atoms with van der Waals surface area (Å²) < 4.78 is 14.6. The zero-order chi connectivity index (χ0) is 15.7. The van der Waals surface area contributed by atoms with Crippen LogP contribution in [0.3, 0.4) is 0 Å². The van der Waals surface area contributed by atoms with Crippen molar-refractivity contribution in [1.29, 1.82) is 0 Å². The van der Waals surface area contributed by atoms with E-state index in [1.165, 1.54) is 11.3 Å². The summed E-state index contributed by atoms with van der Waals surface area (Å²) in [5, 5.41) is 7.85. The molecule has 2 N–H and O–H groups in total. The van der Waals surface area contributed by atoms with Gasteiger partial charge in [-0.15, -0.1) is 11.3 Å². The summed E-state index contributed by atoms with van der Waals surface area (Å²) in [7, 11) is 0. The molecule has 0 aliphatic carbocycles. The molecule has 0 radical (unpaired) electrons. The van der Waals surface area contributed by atoms with Crippen molar-refractivity contribution in [3.8, 4) is 0 Å². The van der Waals surface area contributed by atoms with Crippen molar-refractivity contribution in [2.45, 2.75) is 32.7 Å². The van der Waals surface area contributed by atoms with Gasteiger partial charge in [-0.1, -0.05) is 19.9 Å². The van der Waals surface area contributed by atoms with Crippen LogP contribution in [0.15, 0.2) is 23.6 Å². The van der Waals surface area contributed by atoms with Gasteiger partial charge in [0.05, 0.1) is 10.6 Å². The molecule has 5 heteroatoms. The quantitative estimate of drug-likeness (QED) is 0.901. The summed E-state index contributed by atoms with van der Waals surface area (Å²) in [5.41, 5.74) is 2.96. The average molecular weight is 318 g/mol. The van der Waals surface area contributed by atoms with Gasteiger partial charge in [-0.2, -0.15) is 0 Å². The van der Waals surface area contributed by atoms with E-state index in [1.54, 1.807) is 6.07 Å². The number of carbonyl (C=O) groups excluding carboxylic acids is 1. The average Bonchev–Trinajstić information content (AvgIpc) is 3.00. The zero-order valence-corrected chi connectivity index (χ0v) is 13.5. The van der Waals surface area contributed by atoms with E-state index in [0.29, 0.717) is 23.4 Å². The van der Waals surface area contributed by atoms with Crippen LogP contribution in [0, 0.1) is 5.82 Å². The fourth-order valence-corrected chi connectivity index (χ4v) is 3.72. The van der Waals surface area contributed by atoms with Gasteiger partial charge in [0.2, 0.25) is 0 Å². The van der Waals surface area contributed by atoms with Gasteiger partial charge in [0.25, 0.3) is 5.91 Å². The highest BCUT2D eigenvalue weighted by Gasteiger charge is 2.20. The van der Waals surface area contributed by atoms with E-state index in [9.17, 15) is 9.18 Å². The first-order chi connectivity index (χ1) is 10.6. The van der Waals surface area contributed by atoms with E-state index in [-0.39, 0.29) is 23.3 Å². The maximum Gasteiger partial charge on any atom is 0.266 e. The number of rotatable bonds is 3. The lowest BCUT2D eigenvalue weighted by Gasteiger charge is -2.19. The van der Waals surface area contributed by atoms with Crippen LogP contribution in [0.1, 0.15) is 46.1 Å². The number of halogens is 1. The van der Waals surface area contributed by atoms with Crippen LogP contribution in [0.5, 0.6) is 0 Å². The van der Waals surface area contributed by atoms with Crippen LogP contribution in [0.2, 0.25) is 0 Å². The number of hydrogen-bond acceptors (Lipinski definition) is 3. The van der Waals surface area contributed by atoms with Gasteiger partial charge in [-0.25, -0.2) is 4.39 Å². The van der Waals surface area contributed by atoms with Gasteiger partial charge < -0.3 is 10.6 Å². The molecule has 0 saturated carbocycles. The third-order valence-corrected chi connectivity index (χ3v) is 4.91. The Labute approximate surface area is 133 Å². The minimum Gasteiger partial charge on any atom is -0.319 e. The Balaban J connectivity index is 1.87. The first kappa shape index (κ1) is 15.2. The Kier molecular flexibility index (Phi) is 4.27. The summed E-state index contributed by atoms with van der Waals surface area (Å²) in [4.78, 5) is 13.1. The minimum absolute atomic E-state index is 0.230. The van der Waals surface area contributed by atoms with Gasteiger partial charge in [-0.3, -0.25) is 4.79 Å². The molecule has 0 atom stereocenters. The number of carbonyl (C=O) groups is 1. The Morgan fingerprint density at radius 2 is 2.18 bits per heavy atom. The molecule has 2 heterocycles. The lowest BCUT2D eigenvalue weighted by Crippen LogP contribution is -2.25. The fraction of sp³-hybridized carbons (Fsp3) is 0.353. The molecule has 0 spiro atoms. The van der Waals surface area contributed by atoms with Crippen LogP contribution >= 0.6 is 11.3 Å². The molecule has 0 fully saturated rings. The molecule has 116 valence electrons. The second-order valence-electron chi connectivity index (χ2n) is 5.81. The van der Waals surface area contributed by atoms with Gasteiger partial charge in [0.15, 0.2) is 0 Å². The third-order valence-electron chi connectivity index (χ3n) is 3.98. The van der Waals surface area contributed by atoms with Crippen molar-refractivity contribution >= 4 is 22.9 Å². The van der Waals surface area contributed by atoms with E-state index in [0.717, 1.165) is 17.7 Å². The normalized spacial score (nSPS) is 14.0. The minimum atomic E-state index is -0.296. The van der Waals surface area contributed by atoms with Crippen molar-refractivity contribution in [1.82, 2.24) is 5.32 Å². The predicted molar refractivity (Wildman–Crippen MR) is 88.2 cm³/mol. The van der Waals surface area contributed by atoms with Crippen molar-refractivity contribution in [3.05, 3.63) is 51.0 Å². The highest BCUT2D eigenvalue weighted by molar-refractivity contribution is 7.12. The molecule has 1 amide bonds. The monoisotopic (exact) mass is 318 g/mol. The summed E-state index contributed by atoms with van der Waals surface area (Å²) in [6, 6.07) is 5.50. The van der Waals surface area contributed by atoms with Crippen LogP contribution < -0.4 is 10.6 Å². The third kappa shape index (κ3) is 2.78. The SMILES string of the molecule is CC(C)c1ccsc1C(=O)Nc1ccc2c(c1F)CCNC2. The molecule has 2 aromatic rings. The lowest BCUT2D eigenvalue weighted by molar-refractivity contribution is 0.102. The molecule has 1 aliphatic rings. The zero-order valence-electron chi connectivity index (χ0n) is 12.7. The molecule has 22 heavy (non-hydrogen) atoms. The number of thiophene rings is 1. The van der Waals surface area contributed by atoms with Gasteiger partial charge in [-0.05, 0) is 53.1 Å². The largest absolute Gasteiger partial charge is 0.319 e. The number of anilines is 1. The van der Waals surface area contributed by atoms with E-state index in [4.69, 9.17) is 0 Å². The maximum absolute atomic E-state index is 14.6. The highest BCUT2D eigenvalue weighted by Crippen LogP contribution is 2.28. The number of benzene rings is 1. The summed E-state index contributed by atoms with van der Waals surface area (Å²) in [5.74, 6) is -0.257. The number of amides is 1. The second kappa shape index (κ2) is 6.18. The van der Waals surface area contributed by atoms with E-state index < -0.39 is 0 Å². The Hall–Kier alpha value is -1.72. The standard InChI is InChI=1S/C17H19FN2OS/c1-10(2)12-6-8-22-16(12)17(21)20-14-4-3-11-9-19-7-5-13(11)15(14)18/h3-4,6,8,10,19H,5,7,9H2,1-2H3,(H,20,21). The molecule has 3 rings (SSSR count). The van der Waals surface area contributed by atoms with Crippen molar-refractivity contribution in [2.75, 3.05) is 11.9 Å². The number of fused-ring (bicyclic) bond motifs is 1. The van der Waals surface area contributed by atoms with E-state index in [1.807, 2.05) is 31.4 Å². The van der Waals surface area contributed by atoms with Crippen molar-refractivity contribution in [2.24, 2.45) is 0 Å². The predicted octanol–water partition coefficient (Wildman–Crippen LogP) is 3.91. The molecule has 3 nitrogen and oxygen atoms in total. The molecule has 1 aromatic carbocycles. The summed E-state index contributed by atoms with van der Waals surface area (Å²) in [6.45, 7) is 5.54. The maximum atomic E-state index is 14.6. The summed E-state index contributed by atoms with van der Waals surface area (Å²) in [6.07, 6.45) is 0.654. The van der Waals surface area contributed by atoms with Crippen LogP contribution in [-0.2, 0) is 13.0 Å². The van der Waals surface area contributed by atoms with Gasteiger partial charge in [0, 0.05) is 6.54 Å². The van der Waals surface area contributed by atoms with Crippen molar-refractivity contribution < 1.29 is 9.18 Å². The topological polar surface area (TPSA) is 41.1 Å². The molecular formula is C17H19FN2OS. The Morgan fingerprint density at radius 3 is 2.95 bits per heavy atom. The Bertz CT molecular complexity index is 709. The second-order valence-corrected chi connectivity index (χ2v) is 6.72. The van der Waals surface area contributed by atoms with Crippen LogP contribution in [0.25, 0.3) is 0 Å². The number of nitrogens with one attached hydrogen (secondary N) is 2. The fourth-order valence-electron chi connectivity index (χ4n) is 2.77. The first-order valence-electron chi connectivity index (χ1n) is 7.47. The first-order valence-corrected chi connectivity index (χ1v) is 8.35. The van der Waals surface area contributed by atoms with Gasteiger partial charge in [0.1, 0.15) is 5.82 Å². The van der Waals surface area contributed by atoms with Crippen molar-refractivity contribution in [3.63, 3.8) is 0 Å². The van der Waals surface area contributed by atoms with Crippen LogP contribution in [0.4, 0.5) is 10.1 Å². The summed E-state index contributed by atoms with van der Waals surface area (Å²) >= 11 is 1.40. The lowest BCUT2D eigenvalue weighted by atomic mass is 9.99.